The molecule has 0 aromatic heterocycles. The summed E-state index contributed by atoms with van der Waals surface area (Å²) in [5.41, 5.74) is 4.76. The Morgan fingerprint density at radius 1 is 0.655 bits per heavy atom. The first-order valence-electron chi connectivity index (χ1n) is 11.0. The Morgan fingerprint density at radius 3 is 1.38 bits per heavy atom. The number of rotatable bonds is 3. The fraction of sp³-hybridized carbons (Fsp3) is 0.826. The van der Waals surface area contributed by atoms with Gasteiger partial charge in [-0.05, 0) is 45.1 Å². The number of hydrogen-bond acceptors (Lipinski definition) is 1. The molecule has 1 fully saturated rings. The van der Waals surface area contributed by atoms with E-state index in [1.807, 2.05) is 0 Å². The average molecular weight is 553 g/mol. The molecule has 2 aliphatic rings. The van der Waals surface area contributed by atoms with E-state index < -0.39 is 8.24 Å². The van der Waals surface area contributed by atoms with Gasteiger partial charge in [0.05, 0.1) is 0 Å². The summed E-state index contributed by atoms with van der Waals surface area (Å²) in [6.45, 7) is 14.6. The van der Waals surface area contributed by atoms with Crippen LogP contribution in [0.3, 0.4) is 0 Å². The Kier molecular flexibility index (Phi) is 22.3. The Morgan fingerprint density at radius 2 is 1.03 bits per heavy atom. The summed E-state index contributed by atoms with van der Waals surface area (Å²) in [5.74, 6) is 0.653. The van der Waals surface area contributed by atoms with Gasteiger partial charge < -0.3 is 4.98 Å². The molecule has 0 spiro atoms. The van der Waals surface area contributed by atoms with Crippen LogP contribution in [0.2, 0.25) is 13.1 Å². The SMILES string of the molecule is CC1=C(C)C(C)C([Si](C)(C)NC2CCCCCCCCCCC2)=C1C.[Ti].[Ti].[Ti].[Ti]. The van der Waals surface area contributed by atoms with Crippen LogP contribution in [-0.4, -0.2) is 14.3 Å². The van der Waals surface area contributed by atoms with Gasteiger partial charge in [0.25, 0.3) is 0 Å². The monoisotopic (exact) mass is 553 g/mol. The van der Waals surface area contributed by atoms with Crippen LogP contribution < -0.4 is 4.98 Å². The molecule has 0 radical (unpaired) electrons. The largest absolute Gasteiger partial charge is 0.331 e. The van der Waals surface area contributed by atoms with Crippen LogP contribution in [0.1, 0.15) is 98.3 Å². The van der Waals surface area contributed by atoms with Crippen molar-refractivity contribution in [3.05, 3.63) is 21.9 Å². The van der Waals surface area contributed by atoms with Crippen LogP contribution in [0.15, 0.2) is 21.9 Å². The van der Waals surface area contributed by atoms with Gasteiger partial charge in [-0.1, -0.05) is 94.1 Å². The van der Waals surface area contributed by atoms with Crippen molar-refractivity contribution in [1.29, 1.82) is 0 Å². The van der Waals surface area contributed by atoms with Crippen molar-refractivity contribution in [2.24, 2.45) is 5.92 Å². The maximum atomic E-state index is 4.25. The fourth-order valence-corrected chi connectivity index (χ4v) is 9.16. The molecule has 2 aliphatic carbocycles. The molecular weight excluding hydrogens is 510 g/mol. The fourth-order valence-electron chi connectivity index (χ4n) is 5.27. The molecule has 0 aromatic rings. The Bertz CT molecular complexity index is 505. The second kappa shape index (κ2) is 17.9. The van der Waals surface area contributed by atoms with Crippen molar-refractivity contribution in [2.75, 3.05) is 0 Å². The second-order valence-corrected chi connectivity index (χ2v) is 13.4. The third kappa shape index (κ3) is 11.0. The van der Waals surface area contributed by atoms with Crippen LogP contribution in [0, 0.1) is 5.92 Å². The average Bonchev–Trinajstić information content (AvgIpc) is 2.74. The third-order valence-electron chi connectivity index (χ3n) is 6.98. The molecule has 0 aliphatic heterocycles. The van der Waals surface area contributed by atoms with Crippen molar-refractivity contribution in [1.82, 2.24) is 4.98 Å². The first-order valence-corrected chi connectivity index (χ1v) is 14.0. The van der Waals surface area contributed by atoms with E-state index in [1.54, 1.807) is 21.9 Å². The summed E-state index contributed by atoms with van der Waals surface area (Å²) >= 11 is 0. The van der Waals surface area contributed by atoms with Gasteiger partial charge in [-0.2, -0.15) is 0 Å². The van der Waals surface area contributed by atoms with Crippen molar-refractivity contribution < 1.29 is 86.9 Å². The molecule has 0 bridgehead atoms. The van der Waals surface area contributed by atoms with E-state index >= 15 is 0 Å². The summed E-state index contributed by atoms with van der Waals surface area (Å²) in [6, 6.07) is 0.745. The second-order valence-electron chi connectivity index (χ2n) is 9.29. The molecular formula is C23H43NSiTi4. The van der Waals surface area contributed by atoms with E-state index in [0.29, 0.717) is 5.92 Å². The standard InChI is InChI=1S/C23H43NSi.4Ti/c1-18-19(2)21(4)23(20(18)3)25(5,6)24-22-16-14-12-10-8-7-9-11-13-15-17-22;;;;/h20,22,24H,7-17H2,1-6H3;;;;. The van der Waals surface area contributed by atoms with Gasteiger partial charge in [0.2, 0.25) is 0 Å². The summed E-state index contributed by atoms with van der Waals surface area (Å²) < 4.78 is 0. The van der Waals surface area contributed by atoms with Crippen molar-refractivity contribution >= 4 is 8.24 Å². The molecule has 0 aromatic carbocycles. The van der Waals surface area contributed by atoms with Gasteiger partial charge in [-0.15, -0.1) is 0 Å². The summed E-state index contributed by atoms with van der Waals surface area (Å²) in [7, 11) is -1.57. The number of hydrogen-bond donors (Lipinski definition) is 1. The van der Waals surface area contributed by atoms with Gasteiger partial charge >= 0.3 is 0 Å². The van der Waals surface area contributed by atoms with Crippen LogP contribution in [-0.2, 0) is 86.9 Å². The Balaban J connectivity index is -0.00000169. The zero-order valence-electron chi connectivity index (χ0n) is 19.9. The molecule has 160 valence electrons. The quantitative estimate of drug-likeness (QED) is 0.363. The van der Waals surface area contributed by atoms with Gasteiger partial charge in [-0.3, -0.25) is 0 Å². The normalized spacial score (nSPS) is 22.3. The van der Waals surface area contributed by atoms with E-state index in [4.69, 9.17) is 0 Å². The number of nitrogens with one attached hydrogen (secondary N) is 1. The topological polar surface area (TPSA) is 12.0 Å². The van der Waals surface area contributed by atoms with E-state index in [0.717, 1.165) is 6.04 Å². The first-order chi connectivity index (χ1) is 11.8. The summed E-state index contributed by atoms with van der Waals surface area (Å²) in [4.78, 5) is 4.25. The molecule has 0 saturated heterocycles. The molecule has 1 N–H and O–H groups in total. The van der Waals surface area contributed by atoms with E-state index in [1.165, 1.54) is 70.6 Å². The molecule has 6 heteroatoms. The molecule has 2 rings (SSSR count). The van der Waals surface area contributed by atoms with Crippen LogP contribution >= 0.6 is 0 Å². The van der Waals surface area contributed by atoms with Crippen LogP contribution in [0.25, 0.3) is 0 Å². The molecule has 1 atom stereocenters. The Hall–Kier alpha value is 2.51. The minimum atomic E-state index is -1.57. The number of allylic oxidation sites excluding steroid dienone is 4. The molecule has 0 amide bonds. The van der Waals surface area contributed by atoms with E-state index in [9.17, 15) is 0 Å². The molecule has 1 nitrogen and oxygen atoms in total. The maximum absolute atomic E-state index is 4.25. The van der Waals surface area contributed by atoms with E-state index in [2.05, 4.69) is 45.8 Å². The first kappa shape index (κ1) is 36.1. The van der Waals surface area contributed by atoms with Gasteiger partial charge in [0.1, 0.15) is 8.24 Å². The Labute approximate surface area is 242 Å². The predicted molar refractivity (Wildman–Crippen MR) is 115 cm³/mol. The molecule has 1 saturated carbocycles. The molecule has 29 heavy (non-hydrogen) atoms. The van der Waals surface area contributed by atoms with Crippen molar-refractivity contribution in [2.45, 2.75) is 117 Å². The van der Waals surface area contributed by atoms with Crippen molar-refractivity contribution in [3.8, 4) is 0 Å². The van der Waals surface area contributed by atoms with Gasteiger partial charge in [-0.25, -0.2) is 0 Å². The summed E-state index contributed by atoms with van der Waals surface area (Å²) in [6.07, 6.45) is 15.8. The third-order valence-corrected chi connectivity index (χ3v) is 10.3. The van der Waals surface area contributed by atoms with Gasteiger partial charge in [0, 0.05) is 92.9 Å². The van der Waals surface area contributed by atoms with Gasteiger partial charge in [0.15, 0.2) is 0 Å². The van der Waals surface area contributed by atoms with E-state index in [-0.39, 0.29) is 86.9 Å². The zero-order chi connectivity index (χ0) is 18.4. The van der Waals surface area contributed by atoms with Crippen LogP contribution in [0.4, 0.5) is 0 Å². The minimum Gasteiger partial charge on any atom is -0.331 e. The zero-order valence-corrected chi connectivity index (χ0v) is 27.2. The summed E-state index contributed by atoms with van der Waals surface area (Å²) in [5, 5.41) is 1.77. The molecule has 1 unspecified atom stereocenters. The minimum absolute atomic E-state index is 0. The van der Waals surface area contributed by atoms with Crippen LogP contribution in [0.5, 0.6) is 0 Å². The predicted octanol–water partition coefficient (Wildman–Crippen LogP) is 7.29. The smallest absolute Gasteiger partial charge is 0.148 e. The molecule has 0 heterocycles. The van der Waals surface area contributed by atoms with Crippen molar-refractivity contribution in [3.63, 3.8) is 0 Å². The maximum Gasteiger partial charge on any atom is 0.148 e.